The molecule has 2 N–H and O–H groups in total. The number of fused-ring (bicyclic) bond motifs is 2. The molecular formula is C46H58Br2N4O3. The Bertz CT molecular complexity index is 2250. The van der Waals surface area contributed by atoms with Crippen LogP contribution in [0.3, 0.4) is 0 Å². The largest absolute Gasteiger partial charge is 0.396 e. The van der Waals surface area contributed by atoms with Gasteiger partial charge in [-0.3, -0.25) is 9.97 Å². The molecule has 0 saturated heterocycles. The maximum atomic E-state index is 9.94. The monoisotopic (exact) mass is 872 g/mol. The van der Waals surface area contributed by atoms with Gasteiger partial charge in [-0.25, -0.2) is 0 Å². The summed E-state index contributed by atoms with van der Waals surface area (Å²) in [7, 11) is 1.71. The summed E-state index contributed by atoms with van der Waals surface area (Å²) in [4.78, 5) is 9.35. The molecule has 0 radical (unpaired) electrons. The van der Waals surface area contributed by atoms with Crippen LogP contribution in [-0.4, -0.2) is 49.6 Å². The smallest absolute Gasteiger partial charge is 0.0969 e. The summed E-state index contributed by atoms with van der Waals surface area (Å²) >= 11 is 7.28. The number of hydrogen-bond donors (Lipinski definition) is 2. The van der Waals surface area contributed by atoms with Crippen LogP contribution in [0.4, 0.5) is 0 Å². The minimum absolute atomic E-state index is 0.107. The summed E-state index contributed by atoms with van der Waals surface area (Å²) in [6.07, 6.45) is 5.18. The summed E-state index contributed by atoms with van der Waals surface area (Å²) in [5.41, 5.74) is 11.3. The zero-order valence-corrected chi connectivity index (χ0v) is 37.3. The molecule has 7 nitrogen and oxygen atoms in total. The molecule has 0 aliphatic rings. The number of nitrogens with zero attached hydrogens (tertiary/aromatic N) is 4. The SMILES string of the molecule is CCn1c(-c2cccnc2C(C)C)c(CC(C)(C)CO)c2cc(Br)ccc21.CCn1c(-c2cccnc2[C@H](C)OC)c(CC(C)(C)CO)c2cc(Br)ccc21. The fourth-order valence-corrected chi connectivity index (χ4v) is 8.35. The van der Waals surface area contributed by atoms with Crippen molar-refractivity contribution in [2.24, 2.45) is 10.8 Å². The van der Waals surface area contributed by atoms with E-state index in [4.69, 9.17) is 9.72 Å². The Morgan fingerprint density at radius 3 is 1.47 bits per heavy atom. The maximum Gasteiger partial charge on any atom is 0.0969 e. The number of rotatable bonds is 13. The number of aryl methyl sites for hydroxylation is 2. The van der Waals surface area contributed by atoms with Crippen LogP contribution in [0, 0.1) is 10.8 Å². The van der Waals surface area contributed by atoms with E-state index in [0.29, 0.717) is 5.92 Å². The van der Waals surface area contributed by atoms with E-state index in [9.17, 15) is 10.2 Å². The second-order valence-corrected chi connectivity index (χ2v) is 18.2. The summed E-state index contributed by atoms with van der Waals surface area (Å²) in [5, 5.41) is 22.3. The number of ether oxygens (including phenoxy) is 1. The van der Waals surface area contributed by atoms with Gasteiger partial charge in [-0.2, -0.15) is 0 Å². The van der Waals surface area contributed by atoms with Crippen LogP contribution in [0.25, 0.3) is 44.3 Å². The average Bonchev–Trinajstić information content (AvgIpc) is 3.64. The molecule has 0 aliphatic heterocycles. The Balaban J connectivity index is 0.000000211. The van der Waals surface area contributed by atoms with E-state index in [2.05, 4.69) is 150 Å². The molecule has 294 valence electrons. The van der Waals surface area contributed by atoms with Crippen LogP contribution in [0.2, 0.25) is 0 Å². The van der Waals surface area contributed by atoms with Crippen molar-refractivity contribution in [3.63, 3.8) is 0 Å². The number of aromatic nitrogens is 4. The molecule has 1 atom stereocenters. The molecule has 0 aliphatic carbocycles. The quantitative estimate of drug-likeness (QED) is 0.121. The van der Waals surface area contributed by atoms with Gasteiger partial charge in [-0.15, -0.1) is 0 Å². The lowest BCUT2D eigenvalue weighted by Gasteiger charge is -2.23. The Morgan fingerprint density at radius 1 is 0.673 bits per heavy atom. The van der Waals surface area contributed by atoms with Gasteiger partial charge in [0.2, 0.25) is 0 Å². The molecule has 55 heavy (non-hydrogen) atoms. The van der Waals surface area contributed by atoms with E-state index in [1.54, 1.807) is 7.11 Å². The van der Waals surface area contributed by atoms with E-state index in [0.717, 1.165) is 51.8 Å². The van der Waals surface area contributed by atoms with Crippen LogP contribution in [-0.2, 0) is 30.7 Å². The highest BCUT2D eigenvalue weighted by molar-refractivity contribution is 9.10. The number of halogens is 2. The van der Waals surface area contributed by atoms with Crippen LogP contribution >= 0.6 is 31.9 Å². The van der Waals surface area contributed by atoms with E-state index in [1.807, 2.05) is 31.5 Å². The molecule has 9 heteroatoms. The average molecular weight is 875 g/mol. The molecular weight excluding hydrogens is 816 g/mol. The van der Waals surface area contributed by atoms with E-state index < -0.39 is 0 Å². The number of hydrogen-bond acceptors (Lipinski definition) is 5. The van der Waals surface area contributed by atoms with E-state index in [-0.39, 0.29) is 30.1 Å². The van der Waals surface area contributed by atoms with Crippen molar-refractivity contribution >= 4 is 53.7 Å². The minimum Gasteiger partial charge on any atom is -0.396 e. The summed E-state index contributed by atoms with van der Waals surface area (Å²) in [5.74, 6) is 0.343. The normalized spacial score (nSPS) is 12.8. The lowest BCUT2D eigenvalue weighted by Crippen LogP contribution is -2.20. The van der Waals surface area contributed by atoms with Gasteiger partial charge in [0.1, 0.15) is 0 Å². The molecule has 4 heterocycles. The molecule has 6 rings (SSSR count). The highest BCUT2D eigenvalue weighted by Gasteiger charge is 2.29. The molecule has 0 saturated carbocycles. The Kier molecular flexibility index (Phi) is 13.9. The van der Waals surface area contributed by atoms with E-state index >= 15 is 0 Å². The zero-order valence-electron chi connectivity index (χ0n) is 34.2. The number of methoxy groups -OCH3 is 1. The third kappa shape index (κ3) is 9.12. The van der Waals surface area contributed by atoms with Gasteiger partial charge in [0.05, 0.1) is 28.9 Å². The van der Waals surface area contributed by atoms with Crippen molar-refractivity contribution in [1.29, 1.82) is 0 Å². The van der Waals surface area contributed by atoms with Crippen molar-refractivity contribution < 1.29 is 14.9 Å². The first kappa shape index (κ1) is 42.8. The standard InChI is InChI=1S/C23H29BrN2O2.C23H29BrN2O/c1-6-26-20-10-9-16(24)12-18(20)19(13-23(3,4)14-27)22(26)17-8-7-11-25-21(17)15(2)28-5;1-6-26-20-10-9-16(24)12-18(20)19(13-23(4,5)14-27)22(26)17-8-7-11-25-21(17)15(2)3/h7-12,15,27H,6,13-14H2,1-5H3;7-12,15,27H,6,13-14H2,1-5H3/t15-;/m0./s1. The second-order valence-electron chi connectivity index (χ2n) is 16.4. The fourth-order valence-electron chi connectivity index (χ4n) is 7.62. The van der Waals surface area contributed by atoms with Gasteiger partial charge in [-0.1, -0.05) is 73.4 Å². The van der Waals surface area contributed by atoms with Crippen LogP contribution in [0.5, 0.6) is 0 Å². The topological polar surface area (TPSA) is 85.3 Å². The number of benzene rings is 2. The highest BCUT2D eigenvalue weighted by Crippen LogP contribution is 2.42. The number of pyridine rings is 2. The maximum absolute atomic E-state index is 9.94. The molecule has 0 fully saturated rings. The Morgan fingerprint density at radius 2 is 1.09 bits per heavy atom. The third-order valence-corrected chi connectivity index (χ3v) is 11.5. The third-order valence-electron chi connectivity index (χ3n) is 10.5. The summed E-state index contributed by atoms with van der Waals surface area (Å²) in [6, 6.07) is 21.3. The van der Waals surface area contributed by atoms with Crippen LogP contribution in [0.1, 0.15) is 96.9 Å². The first-order valence-corrected chi connectivity index (χ1v) is 21.0. The molecule has 0 amide bonds. The Hall–Kier alpha value is -3.34. The zero-order chi connectivity index (χ0) is 40.2. The predicted molar refractivity (Wildman–Crippen MR) is 236 cm³/mol. The summed E-state index contributed by atoms with van der Waals surface area (Å²) < 4.78 is 12.5. The van der Waals surface area contributed by atoms with Crippen LogP contribution < -0.4 is 0 Å². The molecule has 0 bridgehead atoms. The van der Waals surface area contributed by atoms with Gasteiger partial charge in [0, 0.05) is 87.7 Å². The molecule has 2 aromatic carbocycles. The molecule has 0 spiro atoms. The lowest BCUT2D eigenvalue weighted by molar-refractivity contribution is 0.116. The van der Waals surface area contributed by atoms with Gasteiger partial charge >= 0.3 is 0 Å². The van der Waals surface area contributed by atoms with Gasteiger partial charge in [-0.05, 0) is 122 Å². The van der Waals surface area contributed by atoms with E-state index in [1.165, 1.54) is 49.9 Å². The van der Waals surface area contributed by atoms with Gasteiger partial charge < -0.3 is 24.1 Å². The Labute approximate surface area is 344 Å². The number of aliphatic hydroxyl groups is 2. The molecule has 0 unspecified atom stereocenters. The first-order valence-electron chi connectivity index (χ1n) is 19.4. The van der Waals surface area contributed by atoms with Crippen molar-refractivity contribution in [2.75, 3.05) is 20.3 Å². The van der Waals surface area contributed by atoms with Gasteiger partial charge in [0.25, 0.3) is 0 Å². The second kappa shape index (κ2) is 17.9. The molecule has 4 aromatic heterocycles. The molecule has 6 aromatic rings. The van der Waals surface area contributed by atoms with Gasteiger partial charge in [0.15, 0.2) is 0 Å². The minimum atomic E-state index is -0.223. The number of aliphatic hydroxyl groups excluding tert-OH is 2. The fraction of sp³-hybridized carbons (Fsp3) is 0.435. The van der Waals surface area contributed by atoms with Crippen molar-refractivity contribution in [1.82, 2.24) is 19.1 Å². The van der Waals surface area contributed by atoms with Crippen molar-refractivity contribution in [3.05, 3.63) is 105 Å². The predicted octanol–water partition coefficient (Wildman–Crippen LogP) is 11.9. The summed E-state index contributed by atoms with van der Waals surface area (Å²) in [6.45, 7) is 21.2. The highest BCUT2D eigenvalue weighted by atomic mass is 79.9. The van der Waals surface area contributed by atoms with Crippen LogP contribution in [0.15, 0.2) is 82.0 Å². The first-order chi connectivity index (χ1) is 26.1. The lowest BCUT2D eigenvalue weighted by atomic mass is 9.84. The van der Waals surface area contributed by atoms with Crippen molar-refractivity contribution in [3.8, 4) is 22.5 Å². The van der Waals surface area contributed by atoms with Crippen molar-refractivity contribution in [2.45, 2.75) is 100 Å².